The molecule has 7 heteroatoms. The summed E-state index contributed by atoms with van der Waals surface area (Å²) >= 11 is 0. The second-order valence-electron chi connectivity index (χ2n) is 5.21. The number of hydrogen-bond acceptors (Lipinski definition) is 5. The Morgan fingerprint density at radius 1 is 1.38 bits per heavy atom. The summed E-state index contributed by atoms with van der Waals surface area (Å²) < 4.78 is 6.90. The lowest BCUT2D eigenvalue weighted by Gasteiger charge is -2.21. The van der Waals surface area contributed by atoms with E-state index < -0.39 is 5.91 Å². The SMILES string of the molecule is Cc1cc(=O)cc(C(=O)N[C@H](c2ncnn2C)C(C)C)o1. The van der Waals surface area contributed by atoms with Crippen molar-refractivity contribution in [2.45, 2.75) is 26.8 Å². The molecule has 2 rings (SSSR count). The van der Waals surface area contributed by atoms with Crippen LogP contribution in [0.5, 0.6) is 0 Å². The molecular weight excluding hydrogens is 272 g/mol. The molecule has 0 aliphatic heterocycles. The zero-order valence-corrected chi connectivity index (χ0v) is 12.5. The van der Waals surface area contributed by atoms with Crippen molar-refractivity contribution in [2.24, 2.45) is 13.0 Å². The van der Waals surface area contributed by atoms with E-state index in [1.54, 1.807) is 18.7 Å². The van der Waals surface area contributed by atoms with Crippen molar-refractivity contribution in [2.75, 3.05) is 0 Å². The summed E-state index contributed by atoms with van der Waals surface area (Å²) in [6.07, 6.45) is 1.43. The van der Waals surface area contributed by atoms with Crippen molar-refractivity contribution in [3.8, 4) is 0 Å². The molecule has 0 aliphatic carbocycles. The Morgan fingerprint density at radius 3 is 2.62 bits per heavy atom. The van der Waals surface area contributed by atoms with Crippen molar-refractivity contribution in [1.82, 2.24) is 20.1 Å². The predicted molar refractivity (Wildman–Crippen MR) is 75.8 cm³/mol. The number of carbonyl (C=O) groups is 1. The van der Waals surface area contributed by atoms with Crippen LogP contribution in [-0.4, -0.2) is 20.7 Å². The maximum Gasteiger partial charge on any atom is 0.287 e. The van der Waals surface area contributed by atoms with Gasteiger partial charge in [-0.1, -0.05) is 13.8 Å². The molecule has 0 bridgehead atoms. The fourth-order valence-electron chi connectivity index (χ4n) is 2.04. The number of nitrogens with one attached hydrogen (secondary N) is 1. The molecule has 0 radical (unpaired) electrons. The van der Waals surface area contributed by atoms with Gasteiger partial charge < -0.3 is 9.73 Å². The van der Waals surface area contributed by atoms with Crippen molar-refractivity contribution in [1.29, 1.82) is 0 Å². The maximum absolute atomic E-state index is 12.3. The van der Waals surface area contributed by atoms with E-state index in [0.717, 1.165) is 0 Å². The summed E-state index contributed by atoms with van der Waals surface area (Å²) in [6.45, 7) is 5.55. The molecule has 0 spiro atoms. The second kappa shape index (κ2) is 5.90. The molecule has 1 N–H and O–H groups in total. The largest absolute Gasteiger partial charge is 0.456 e. The second-order valence-corrected chi connectivity index (χ2v) is 5.21. The summed E-state index contributed by atoms with van der Waals surface area (Å²) in [5, 5.41) is 6.84. The number of hydrogen-bond donors (Lipinski definition) is 1. The average Bonchev–Trinajstić information content (AvgIpc) is 2.80. The Bertz CT molecular complexity index is 702. The number of carbonyl (C=O) groups excluding carboxylic acids is 1. The quantitative estimate of drug-likeness (QED) is 0.914. The van der Waals surface area contributed by atoms with Gasteiger partial charge in [0.15, 0.2) is 11.2 Å². The van der Waals surface area contributed by atoms with E-state index in [2.05, 4.69) is 15.4 Å². The molecule has 21 heavy (non-hydrogen) atoms. The summed E-state index contributed by atoms with van der Waals surface area (Å²) in [5.41, 5.74) is -0.261. The summed E-state index contributed by atoms with van der Waals surface area (Å²) in [5.74, 6) is 0.694. The van der Waals surface area contributed by atoms with Gasteiger partial charge in [-0.15, -0.1) is 0 Å². The molecule has 1 amide bonds. The summed E-state index contributed by atoms with van der Waals surface area (Å²) in [7, 11) is 1.76. The molecule has 7 nitrogen and oxygen atoms in total. The normalized spacial score (nSPS) is 12.4. The van der Waals surface area contributed by atoms with Gasteiger partial charge in [0.1, 0.15) is 17.9 Å². The highest BCUT2D eigenvalue weighted by atomic mass is 16.3. The third-order valence-corrected chi connectivity index (χ3v) is 3.09. The maximum atomic E-state index is 12.3. The highest BCUT2D eigenvalue weighted by Crippen LogP contribution is 2.19. The minimum absolute atomic E-state index is 0.00665. The standard InChI is InChI=1S/C14H18N4O3/c1-8(2)12(13-15-7-16-18(13)4)17-14(20)11-6-10(19)5-9(3)21-11/h5-8,12H,1-4H3,(H,17,20)/t12-/m0/s1. The third-order valence-electron chi connectivity index (χ3n) is 3.09. The average molecular weight is 290 g/mol. The zero-order valence-electron chi connectivity index (χ0n) is 12.5. The Hall–Kier alpha value is -2.44. The molecular formula is C14H18N4O3. The molecule has 0 fully saturated rings. The minimum atomic E-state index is -0.447. The lowest BCUT2D eigenvalue weighted by molar-refractivity contribution is 0.0889. The first kappa shape index (κ1) is 15.0. The lowest BCUT2D eigenvalue weighted by atomic mass is 10.0. The van der Waals surface area contributed by atoms with Crippen molar-refractivity contribution < 1.29 is 9.21 Å². The Kier molecular flexibility index (Phi) is 4.21. The monoisotopic (exact) mass is 290 g/mol. The van der Waals surface area contributed by atoms with Crippen molar-refractivity contribution >= 4 is 5.91 Å². The fourth-order valence-corrected chi connectivity index (χ4v) is 2.04. The zero-order chi connectivity index (χ0) is 15.6. The van der Waals surface area contributed by atoms with Gasteiger partial charge in [-0.3, -0.25) is 14.3 Å². The van der Waals surface area contributed by atoms with Crippen LogP contribution in [0.15, 0.2) is 27.7 Å². The highest BCUT2D eigenvalue weighted by Gasteiger charge is 2.24. The fraction of sp³-hybridized carbons (Fsp3) is 0.429. The van der Waals surface area contributed by atoms with Crippen LogP contribution in [0.4, 0.5) is 0 Å². The van der Waals surface area contributed by atoms with Crippen LogP contribution >= 0.6 is 0 Å². The van der Waals surface area contributed by atoms with E-state index in [1.165, 1.54) is 18.5 Å². The molecule has 112 valence electrons. The van der Waals surface area contributed by atoms with Crippen LogP contribution in [0.2, 0.25) is 0 Å². The molecule has 2 aromatic rings. The molecule has 0 aliphatic rings. The molecule has 0 saturated heterocycles. The lowest BCUT2D eigenvalue weighted by Crippen LogP contribution is -2.34. The summed E-state index contributed by atoms with van der Waals surface area (Å²) in [4.78, 5) is 27.9. The predicted octanol–water partition coefficient (Wildman–Crippen LogP) is 1.20. The Balaban J connectivity index is 2.27. The smallest absolute Gasteiger partial charge is 0.287 e. The van der Waals surface area contributed by atoms with Crippen LogP contribution < -0.4 is 10.7 Å². The van der Waals surface area contributed by atoms with Crippen LogP contribution in [0, 0.1) is 12.8 Å². The van der Waals surface area contributed by atoms with Gasteiger partial charge in [0.2, 0.25) is 0 Å². The molecule has 0 unspecified atom stereocenters. The number of nitrogens with zero attached hydrogens (tertiary/aromatic N) is 3. The molecule has 1 atom stereocenters. The van der Waals surface area contributed by atoms with Crippen molar-refractivity contribution in [3.05, 3.63) is 46.0 Å². The number of aromatic nitrogens is 3. The molecule has 2 heterocycles. The Morgan fingerprint density at radius 2 is 2.10 bits per heavy atom. The number of aryl methyl sites for hydroxylation is 2. The van der Waals surface area contributed by atoms with E-state index in [4.69, 9.17) is 4.42 Å². The van der Waals surface area contributed by atoms with E-state index in [0.29, 0.717) is 11.6 Å². The van der Waals surface area contributed by atoms with Gasteiger partial charge in [-0.05, 0) is 12.8 Å². The van der Waals surface area contributed by atoms with Gasteiger partial charge in [0.05, 0.1) is 6.04 Å². The first-order valence-electron chi connectivity index (χ1n) is 6.65. The highest BCUT2D eigenvalue weighted by molar-refractivity contribution is 5.91. The van der Waals surface area contributed by atoms with Gasteiger partial charge in [0.25, 0.3) is 5.91 Å². The molecule has 0 saturated carbocycles. The van der Waals surface area contributed by atoms with Gasteiger partial charge in [0, 0.05) is 19.2 Å². The van der Waals surface area contributed by atoms with Crippen LogP contribution in [0.3, 0.4) is 0 Å². The van der Waals surface area contributed by atoms with Gasteiger partial charge >= 0.3 is 0 Å². The van der Waals surface area contributed by atoms with Crippen LogP contribution in [0.25, 0.3) is 0 Å². The van der Waals surface area contributed by atoms with E-state index in [-0.39, 0.29) is 23.1 Å². The first-order chi connectivity index (χ1) is 9.88. The minimum Gasteiger partial charge on any atom is -0.456 e. The Labute approximate surface area is 122 Å². The summed E-state index contributed by atoms with van der Waals surface area (Å²) in [6, 6.07) is 2.19. The number of amides is 1. The van der Waals surface area contributed by atoms with Crippen molar-refractivity contribution in [3.63, 3.8) is 0 Å². The van der Waals surface area contributed by atoms with E-state index >= 15 is 0 Å². The molecule has 0 aromatic carbocycles. The topological polar surface area (TPSA) is 90.0 Å². The molecule has 2 aromatic heterocycles. The van der Waals surface area contributed by atoms with Gasteiger partial charge in [-0.25, -0.2) is 4.98 Å². The van der Waals surface area contributed by atoms with E-state index in [9.17, 15) is 9.59 Å². The van der Waals surface area contributed by atoms with E-state index in [1.807, 2.05) is 13.8 Å². The van der Waals surface area contributed by atoms with Crippen LogP contribution in [-0.2, 0) is 7.05 Å². The number of rotatable bonds is 4. The first-order valence-corrected chi connectivity index (χ1v) is 6.65. The van der Waals surface area contributed by atoms with Gasteiger partial charge in [-0.2, -0.15) is 5.10 Å². The third kappa shape index (κ3) is 3.36. The van der Waals surface area contributed by atoms with Crippen LogP contribution in [0.1, 0.15) is 42.0 Å².